The average molecular weight is 348 g/mol. The number of rotatable bonds is 2. The van der Waals surface area contributed by atoms with Gasteiger partial charge in [0.2, 0.25) is 5.96 Å². The Morgan fingerprint density at radius 3 is 2.41 bits per heavy atom. The van der Waals surface area contributed by atoms with Gasteiger partial charge in [-0.1, -0.05) is 18.2 Å². The van der Waals surface area contributed by atoms with Crippen LogP contribution in [0.25, 0.3) is 0 Å². The number of carboxylic acids is 1. The Balaban J connectivity index is 0.000000557. The van der Waals surface area contributed by atoms with Gasteiger partial charge in [-0.3, -0.25) is 4.79 Å². The second-order valence-corrected chi connectivity index (χ2v) is 3.97. The molecule has 1 aromatic rings. The number of nitrogens with zero attached hydrogens (tertiary/aromatic N) is 2. The van der Waals surface area contributed by atoms with Crippen LogP contribution in [0.2, 0.25) is 0 Å². The zero-order valence-corrected chi connectivity index (χ0v) is 11.3. The third-order valence-electron chi connectivity index (χ3n) is 1.28. The summed E-state index contributed by atoms with van der Waals surface area (Å²) in [4.78, 5) is 9.00. The molecular weight excluding hydrogens is 335 g/mol. The van der Waals surface area contributed by atoms with Crippen LogP contribution in [-0.4, -0.2) is 23.2 Å². The zero-order valence-electron chi connectivity index (χ0n) is 9.17. The van der Waals surface area contributed by atoms with E-state index in [-0.39, 0.29) is 5.96 Å². The second kappa shape index (κ2) is 8.50. The molecule has 0 aliphatic carbocycles. The Morgan fingerprint density at radius 2 is 1.94 bits per heavy atom. The molecule has 0 saturated carbocycles. The van der Waals surface area contributed by atoms with Crippen LogP contribution in [0.1, 0.15) is 12.5 Å². The zero-order chi connectivity index (χ0) is 13.3. The fourth-order valence-corrected chi connectivity index (χ4v) is 1.26. The molecule has 5 N–H and O–H groups in total. The van der Waals surface area contributed by atoms with Crippen LogP contribution in [0, 0.1) is 3.57 Å². The second-order valence-electron chi connectivity index (χ2n) is 2.81. The third-order valence-corrected chi connectivity index (χ3v) is 2.26. The normalized spacial score (nSPS) is 9.29. The lowest BCUT2D eigenvalue weighted by molar-refractivity contribution is -0.134. The molecule has 0 atom stereocenters. The molecule has 0 heterocycles. The molecule has 0 radical (unpaired) electrons. The first-order valence-corrected chi connectivity index (χ1v) is 5.57. The molecule has 0 spiro atoms. The molecule has 0 aliphatic rings. The lowest BCUT2D eigenvalue weighted by Crippen LogP contribution is -2.21. The molecule has 92 valence electrons. The number of carbonyl (C=O) groups is 1. The van der Waals surface area contributed by atoms with Crippen LogP contribution in [0.15, 0.2) is 34.5 Å². The molecule has 1 rings (SSSR count). The van der Waals surface area contributed by atoms with Gasteiger partial charge in [0.05, 0.1) is 6.21 Å². The Kier molecular flexibility index (Phi) is 7.68. The lowest BCUT2D eigenvalue weighted by Gasteiger charge is -1.94. The van der Waals surface area contributed by atoms with Gasteiger partial charge in [-0.05, 0) is 28.7 Å². The summed E-state index contributed by atoms with van der Waals surface area (Å²) in [6.07, 6.45) is 1.61. The molecule has 0 aliphatic heterocycles. The van der Waals surface area contributed by atoms with Gasteiger partial charge in [-0.15, -0.1) is 5.10 Å². The Morgan fingerprint density at radius 1 is 1.41 bits per heavy atom. The quantitative estimate of drug-likeness (QED) is 0.320. The molecule has 1 aromatic carbocycles. The van der Waals surface area contributed by atoms with E-state index in [1.807, 2.05) is 24.3 Å². The van der Waals surface area contributed by atoms with Gasteiger partial charge in [0.15, 0.2) is 0 Å². The molecule has 0 unspecified atom stereocenters. The summed E-state index contributed by atoms with van der Waals surface area (Å²) in [6, 6.07) is 7.81. The maximum absolute atomic E-state index is 9.00. The van der Waals surface area contributed by atoms with Gasteiger partial charge in [0.25, 0.3) is 5.97 Å². The molecule has 0 saturated heterocycles. The van der Waals surface area contributed by atoms with Gasteiger partial charge in [0.1, 0.15) is 0 Å². The predicted octanol–water partition coefficient (Wildman–Crippen LogP) is 0.989. The maximum Gasteiger partial charge on any atom is 0.300 e. The van der Waals surface area contributed by atoms with E-state index in [1.165, 1.54) is 0 Å². The summed E-state index contributed by atoms with van der Waals surface area (Å²) >= 11 is 2.22. The van der Waals surface area contributed by atoms with Crippen molar-refractivity contribution in [1.82, 2.24) is 0 Å². The van der Waals surface area contributed by atoms with Crippen LogP contribution in [0.5, 0.6) is 0 Å². The van der Waals surface area contributed by atoms with Crippen molar-refractivity contribution in [3.05, 3.63) is 33.4 Å². The Labute approximate surface area is 113 Å². The van der Waals surface area contributed by atoms with Crippen molar-refractivity contribution >= 4 is 40.7 Å². The Bertz CT molecular complexity index is 424. The number of halogens is 1. The molecule has 17 heavy (non-hydrogen) atoms. The SMILES string of the molecule is CC(=O)O.NC(N)=N/N=C/c1ccccc1I. The van der Waals surface area contributed by atoms with Gasteiger partial charge in [-0.25, -0.2) is 0 Å². The minimum absolute atomic E-state index is 0.0396. The standard InChI is InChI=1S/C8H9IN4.C2H4O2/c9-7-4-2-1-3-6(7)5-12-13-8(10)11;1-2(3)4/h1-5H,(H4,10,11,13);1H3,(H,3,4)/b12-5+;. The summed E-state index contributed by atoms with van der Waals surface area (Å²) in [6.45, 7) is 1.08. The number of nitrogens with two attached hydrogens (primary N) is 2. The highest BCUT2D eigenvalue weighted by molar-refractivity contribution is 14.1. The molecule has 0 bridgehead atoms. The minimum Gasteiger partial charge on any atom is -0.481 e. The monoisotopic (exact) mass is 348 g/mol. The summed E-state index contributed by atoms with van der Waals surface area (Å²) < 4.78 is 1.11. The molecule has 7 heteroatoms. The van der Waals surface area contributed by atoms with E-state index in [0.717, 1.165) is 16.1 Å². The number of hydrogen-bond acceptors (Lipinski definition) is 3. The summed E-state index contributed by atoms with van der Waals surface area (Å²) in [5.74, 6) is -0.873. The van der Waals surface area contributed by atoms with Crippen LogP contribution in [0.4, 0.5) is 0 Å². The average Bonchev–Trinajstić information content (AvgIpc) is 2.19. The molecule has 6 nitrogen and oxygen atoms in total. The van der Waals surface area contributed by atoms with E-state index >= 15 is 0 Å². The first-order valence-electron chi connectivity index (χ1n) is 4.49. The predicted molar refractivity (Wildman–Crippen MR) is 75.9 cm³/mol. The number of benzene rings is 1. The maximum atomic E-state index is 9.00. The van der Waals surface area contributed by atoms with E-state index in [2.05, 4.69) is 32.8 Å². The van der Waals surface area contributed by atoms with Crippen molar-refractivity contribution in [2.45, 2.75) is 6.92 Å². The molecule has 0 amide bonds. The van der Waals surface area contributed by atoms with Gasteiger partial charge < -0.3 is 16.6 Å². The first kappa shape index (κ1) is 15.4. The largest absolute Gasteiger partial charge is 0.481 e. The van der Waals surface area contributed by atoms with E-state index in [4.69, 9.17) is 21.4 Å². The van der Waals surface area contributed by atoms with Gasteiger partial charge >= 0.3 is 0 Å². The highest BCUT2D eigenvalue weighted by Gasteiger charge is 1.92. The van der Waals surface area contributed by atoms with Crippen molar-refractivity contribution in [3.8, 4) is 0 Å². The topological polar surface area (TPSA) is 114 Å². The van der Waals surface area contributed by atoms with Crippen LogP contribution < -0.4 is 11.5 Å². The van der Waals surface area contributed by atoms with E-state index in [1.54, 1.807) is 6.21 Å². The summed E-state index contributed by atoms with van der Waals surface area (Å²) in [7, 11) is 0. The number of hydrogen-bond donors (Lipinski definition) is 3. The van der Waals surface area contributed by atoms with Crippen molar-refractivity contribution < 1.29 is 9.90 Å². The smallest absolute Gasteiger partial charge is 0.300 e. The number of aliphatic carboxylic acids is 1. The van der Waals surface area contributed by atoms with Gasteiger partial charge in [-0.2, -0.15) is 5.10 Å². The number of guanidine groups is 1. The molecule has 0 fully saturated rings. The van der Waals surface area contributed by atoms with Crippen molar-refractivity contribution in [2.24, 2.45) is 21.7 Å². The molecular formula is C10H13IN4O2. The summed E-state index contributed by atoms with van der Waals surface area (Å²) in [5, 5.41) is 14.6. The fourth-order valence-electron chi connectivity index (χ4n) is 0.738. The summed E-state index contributed by atoms with van der Waals surface area (Å²) in [5.41, 5.74) is 11.2. The van der Waals surface area contributed by atoms with Crippen LogP contribution in [0.3, 0.4) is 0 Å². The highest BCUT2D eigenvalue weighted by Crippen LogP contribution is 2.08. The van der Waals surface area contributed by atoms with Crippen molar-refractivity contribution in [1.29, 1.82) is 0 Å². The van der Waals surface area contributed by atoms with Crippen LogP contribution >= 0.6 is 22.6 Å². The van der Waals surface area contributed by atoms with E-state index in [9.17, 15) is 0 Å². The van der Waals surface area contributed by atoms with Crippen molar-refractivity contribution in [2.75, 3.05) is 0 Å². The fraction of sp³-hybridized carbons (Fsp3) is 0.100. The minimum atomic E-state index is -0.833. The Hall–Kier alpha value is -1.64. The van der Waals surface area contributed by atoms with Crippen LogP contribution in [-0.2, 0) is 4.79 Å². The lowest BCUT2D eigenvalue weighted by atomic mass is 10.2. The third kappa shape index (κ3) is 9.30. The van der Waals surface area contributed by atoms with Crippen molar-refractivity contribution in [3.63, 3.8) is 0 Å². The van der Waals surface area contributed by atoms with E-state index < -0.39 is 5.97 Å². The number of carboxylic acid groups (broad SMARTS) is 1. The highest BCUT2D eigenvalue weighted by atomic mass is 127. The van der Waals surface area contributed by atoms with E-state index in [0.29, 0.717) is 0 Å². The first-order chi connectivity index (χ1) is 7.93. The van der Waals surface area contributed by atoms with Gasteiger partial charge in [0, 0.05) is 16.1 Å². The molecule has 0 aromatic heterocycles.